The Kier molecular flexibility index (Phi) is 4.18. The quantitative estimate of drug-likeness (QED) is 0.851. The summed E-state index contributed by atoms with van der Waals surface area (Å²) in [7, 11) is 0. The van der Waals surface area contributed by atoms with Crippen LogP contribution in [0.3, 0.4) is 0 Å². The van der Waals surface area contributed by atoms with E-state index in [9.17, 15) is 13.2 Å². The Balaban J connectivity index is 2.30. The highest BCUT2D eigenvalue weighted by Gasteiger charge is 2.30. The van der Waals surface area contributed by atoms with Gasteiger partial charge in [0.2, 0.25) is 0 Å². The Hall–Kier alpha value is -2.08. The lowest BCUT2D eigenvalue weighted by Crippen LogP contribution is -2.10. The fourth-order valence-corrected chi connectivity index (χ4v) is 1.93. The lowest BCUT2D eigenvalue weighted by molar-refractivity contribution is -0.137. The van der Waals surface area contributed by atoms with Crippen LogP contribution in [0.1, 0.15) is 16.7 Å². The third-order valence-corrected chi connectivity index (χ3v) is 3.03. The fourth-order valence-electron chi connectivity index (χ4n) is 1.76. The maximum absolute atomic E-state index is 12.5. The molecule has 2 aromatic rings. The summed E-state index contributed by atoms with van der Waals surface area (Å²) in [6.45, 7) is 1.86. The van der Waals surface area contributed by atoms with Crippen LogP contribution in [0.5, 0.6) is 11.5 Å². The van der Waals surface area contributed by atoms with Gasteiger partial charge in [-0.3, -0.25) is 0 Å². The molecular weight excluding hydrogens is 299 g/mol. The van der Waals surface area contributed by atoms with Crippen LogP contribution in [0.15, 0.2) is 42.5 Å². The highest BCUT2D eigenvalue weighted by molar-refractivity contribution is 7.80. The van der Waals surface area contributed by atoms with Crippen LogP contribution in [0.2, 0.25) is 0 Å². The highest BCUT2D eigenvalue weighted by atomic mass is 32.1. The first-order valence-corrected chi connectivity index (χ1v) is 6.44. The molecular formula is C15H12F3NOS. The van der Waals surface area contributed by atoms with Crippen molar-refractivity contribution in [2.45, 2.75) is 13.1 Å². The predicted molar refractivity (Wildman–Crippen MR) is 78.6 cm³/mol. The molecule has 2 nitrogen and oxygen atoms in total. The van der Waals surface area contributed by atoms with Crippen molar-refractivity contribution in [3.05, 3.63) is 59.2 Å². The van der Waals surface area contributed by atoms with Gasteiger partial charge in [-0.15, -0.1) is 0 Å². The molecule has 0 aliphatic rings. The summed E-state index contributed by atoms with van der Waals surface area (Å²) in [5, 5.41) is 0. The number of benzene rings is 2. The van der Waals surface area contributed by atoms with Crippen molar-refractivity contribution in [2.75, 3.05) is 0 Å². The van der Waals surface area contributed by atoms with E-state index < -0.39 is 11.7 Å². The molecule has 0 amide bonds. The number of aryl methyl sites for hydroxylation is 1. The molecule has 2 N–H and O–H groups in total. The topological polar surface area (TPSA) is 35.2 Å². The van der Waals surface area contributed by atoms with Crippen LogP contribution < -0.4 is 10.5 Å². The zero-order chi connectivity index (χ0) is 15.6. The molecule has 2 rings (SSSR count). The van der Waals surface area contributed by atoms with Gasteiger partial charge in [-0.05, 0) is 48.9 Å². The van der Waals surface area contributed by atoms with Crippen LogP contribution in [0.4, 0.5) is 13.2 Å². The number of hydrogen-bond donors (Lipinski definition) is 1. The Bertz CT molecular complexity index is 666. The summed E-state index contributed by atoms with van der Waals surface area (Å²) in [5.41, 5.74) is 6.34. The lowest BCUT2D eigenvalue weighted by Gasteiger charge is -2.12. The second-order valence-electron chi connectivity index (χ2n) is 4.49. The number of thiocarbonyl (C=S) groups is 1. The zero-order valence-corrected chi connectivity index (χ0v) is 11.9. The molecule has 0 aromatic heterocycles. The second-order valence-corrected chi connectivity index (χ2v) is 4.93. The molecule has 0 spiro atoms. The van der Waals surface area contributed by atoms with Crippen LogP contribution in [-0.4, -0.2) is 4.99 Å². The van der Waals surface area contributed by atoms with Gasteiger partial charge in [-0.2, -0.15) is 13.2 Å². The van der Waals surface area contributed by atoms with Crippen molar-refractivity contribution in [1.82, 2.24) is 0 Å². The fraction of sp³-hybridized carbons (Fsp3) is 0.133. The second kappa shape index (κ2) is 5.73. The number of hydrogen-bond acceptors (Lipinski definition) is 2. The molecule has 0 heterocycles. The van der Waals surface area contributed by atoms with Crippen LogP contribution in [0, 0.1) is 6.92 Å². The van der Waals surface area contributed by atoms with Crippen molar-refractivity contribution in [2.24, 2.45) is 5.73 Å². The maximum atomic E-state index is 12.5. The summed E-state index contributed by atoms with van der Waals surface area (Å²) < 4.78 is 43.1. The molecule has 21 heavy (non-hydrogen) atoms. The number of halogens is 3. The van der Waals surface area contributed by atoms with Crippen molar-refractivity contribution in [1.29, 1.82) is 0 Å². The number of nitrogens with two attached hydrogens (primary N) is 1. The normalized spacial score (nSPS) is 11.2. The van der Waals surface area contributed by atoms with E-state index in [4.69, 9.17) is 22.7 Å². The largest absolute Gasteiger partial charge is 0.457 e. The van der Waals surface area contributed by atoms with Gasteiger partial charge in [-0.1, -0.05) is 18.3 Å². The molecule has 0 aliphatic heterocycles. The molecule has 0 unspecified atom stereocenters. The average molecular weight is 311 g/mol. The Labute approximate surface area is 125 Å². The summed E-state index contributed by atoms with van der Waals surface area (Å²) >= 11 is 4.93. The van der Waals surface area contributed by atoms with Crippen LogP contribution in [-0.2, 0) is 6.18 Å². The first-order chi connectivity index (χ1) is 9.77. The highest BCUT2D eigenvalue weighted by Crippen LogP contribution is 2.32. The molecule has 2 aromatic carbocycles. The van der Waals surface area contributed by atoms with Gasteiger partial charge in [0.05, 0.1) is 11.1 Å². The van der Waals surface area contributed by atoms with Crippen LogP contribution >= 0.6 is 12.2 Å². The van der Waals surface area contributed by atoms with E-state index in [-0.39, 0.29) is 10.7 Å². The Morgan fingerprint density at radius 2 is 1.71 bits per heavy atom. The zero-order valence-electron chi connectivity index (χ0n) is 11.1. The van der Waals surface area contributed by atoms with E-state index in [2.05, 4.69) is 0 Å². The van der Waals surface area contributed by atoms with Crippen molar-refractivity contribution in [3.63, 3.8) is 0 Å². The Morgan fingerprint density at radius 1 is 1.10 bits per heavy atom. The molecule has 110 valence electrons. The van der Waals surface area contributed by atoms with Gasteiger partial charge in [-0.25, -0.2) is 0 Å². The van der Waals surface area contributed by atoms with E-state index in [1.165, 1.54) is 12.1 Å². The van der Waals surface area contributed by atoms with Crippen molar-refractivity contribution >= 4 is 17.2 Å². The summed E-state index contributed by atoms with van der Waals surface area (Å²) in [4.78, 5) is 0.164. The molecule has 0 bridgehead atoms. The van der Waals surface area contributed by atoms with Gasteiger partial charge < -0.3 is 10.5 Å². The van der Waals surface area contributed by atoms with Gasteiger partial charge in [0.1, 0.15) is 16.5 Å². The standard InChI is InChI=1S/C15H12F3NOS/c1-9-2-7-12(14(19)21)13(8-9)20-11-5-3-10(4-6-11)15(16,17)18/h2-8H,1H3,(H2,19,21). The minimum Gasteiger partial charge on any atom is -0.457 e. The smallest absolute Gasteiger partial charge is 0.416 e. The monoisotopic (exact) mass is 311 g/mol. The van der Waals surface area contributed by atoms with Crippen molar-refractivity contribution < 1.29 is 17.9 Å². The SMILES string of the molecule is Cc1ccc(C(N)=S)c(Oc2ccc(C(F)(F)F)cc2)c1. The summed E-state index contributed by atoms with van der Waals surface area (Å²) in [6, 6.07) is 9.72. The molecule has 0 saturated carbocycles. The first kappa shape index (κ1) is 15.3. The third kappa shape index (κ3) is 3.72. The minimum absolute atomic E-state index is 0.164. The summed E-state index contributed by atoms with van der Waals surface area (Å²) in [6.07, 6.45) is -4.37. The van der Waals surface area contributed by atoms with E-state index in [0.29, 0.717) is 11.3 Å². The molecule has 0 saturated heterocycles. The molecule has 0 atom stereocenters. The van der Waals surface area contributed by atoms with Gasteiger partial charge in [0.15, 0.2) is 0 Å². The molecule has 0 aliphatic carbocycles. The Morgan fingerprint density at radius 3 is 2.24 bits per heavy atom. The van der Waals surface area contributed by atoms with E-state index >= 15 is 0 Å². The first-order valence-electron chi connectivity index (χ1n) is 6.03. The molecule has 6 heteroatoms. The number of rotatable bonds is 3. The van der Waals surface area contributed by atoms with E-state index in [1.807, 2.05) is 13.0 Å². The maximum Gasteiger partial charge on any atom is 0.416 e. The van der Waals surface area contributed by atoms with Crippen LogP contribution in [0.25, 0.3) is 0 Å². The lowest BCUT2D eigenvalue weighted by atomic mass is 10.1. The number of ether oxygens (including phenoxy) is 1. The van der Waals surface area contributed by atoms with Gasteiger partial charge in [0, 0.05) is 0 Å². The van der Waals surface area contributed by atoms with E-state index in [0.717, 1.165) is 17.7 Å². The summed E-state index contributed by atoms with van der Waals surface area (Å²) in [5.74, 6) is 0.702. The predicted octanol–water partition coefficient (Wildman–Crippen LogP) is 4.44. The molecule has 0 radical (unpaired) electrons. The van der Waals surface area contributed by atoms with Crippen molar-refractivity contribution in [3.8, 4) is 11.5 Å². The third-order valence-electron chi connectivity index (χ3n) is 2.81. The molecule has 0 fully saturated rings. The van der Waals surface area contributed by atoms with Gasteiger partial charge in [0.25, 0.3) is 0 Å². The van der Waals surface area contributed by atoms with E-state index in [1.54, 1.807) is 12.1 Å². The van der Waals surface area contributed by atoms with Gasteiger partial charge >= 0.3 is 6.18 Å². The minimum atomic E-state index is -4.37. The average Bonchev–Trinajstić information content (AvgIpc) is 2.38. The number of alkyl halides is 3.